The first-order valence-corrected chi connectivity index (χ1v) is 4.93. The quantitative estimate of drug-likeness (QED) is 0.616. The highest BCUT2D eigenvalue weighted by Crippen LogP contribution is 2.32. The van der Waals surface area contributed by atoms with E-state index in [9.17, 15) is 0 Å². The van der Waals surface area contributed by atoms with Gasteiger partial charge in [0.2, 0.25) is 0 Å². The predicted molar refractivity (Wildman–Crippen MR) is 61.0 cm³/mol. The molecule has 0 radical (unpaired) electrons. The third-order valence-corrected chi connectivity index (χ3v) is 2.33. The van der Waals surface area contributed by atoms with Crippen LogP contribution < -0.4 is 0 Å². The van der Waals surface area contributed by atoms with Crippen molar-refractivity contribution in [2.45, 2.75) is 32.3 Å². The standard InChI is InChI=1S/C13H18O/c1-5-7-8-12-11(6-2)9-10-13(3,4)14-12/h5-8H,1-2,9-10H2,3-4H3/b8-7-. The molecule has 1 rings (SSSR count). The highest BCUT2D eigenvalue weighted by atomic mass is 16.5. The van der Waals surface area contributed by atoms with Gasteiger partial charge in [-0.1, -0.05) is 31.4 Å². The Labute approximate surface area is 86.5 Å². The van der Waals surface area contributed by atoms with Crippen LogP contribution in [0, 0.1) is 0 Å². The van der Waals surface area contributed by atoms with Crippen LogP contribution >= 0.6 is 0 Å². The second-order valence-corrected chi connectivity index (χ2v) is 4.05. The van der Waals surface area contributed by atoms with Gasteiger partial charge in [0.1, 0.15) is 11.4 Å². The van der Waals surface area contributed by atoms with Crippen LogP contribution in [0.15, 0.2) is 48.8 Å². The topological polar surface area (TPSA) is 9.23 Å². The van der Waals surface area contributed by atoms with E-state index in [1.165, 1.54) is 5.57 Å². The molecule has 1 aliphatic rings. The van der Waals surface area contributed by atoms with E-state index in [-0.39, 0.29) is 5.60 Å². The van der Waals surface area contributed by atoms with Gasteiger partial charge in [-0.25, -0.2) is 0 Å². The van der Waals surface area contributed by atoms with E-state index < -0.39 is 0 Å². The first kappa shape index (κ1) is 10.8. The average Bonchev–Trinajstić information content (AvgIpc) is 2.14. The normalized spacial score (nSPS) is 20.7. The zero-order valence-electron chi connectivity index (χ0n) is 9.05. The molecule has 0 atom stereocenters. The molecule has 0 aromatic heterocycles. The van der Waals surface area contributed by atoms with Crippen molar-refractivity contribution in [3.8, 4) is 0 Å². The SMILES string of the molecule is C=C/C=C\C1=C(C=C)CCC(C)(C)O1. The van der Waals surface area contributed by atoms with E-state index in [2.05, 4.69) is 27.0 Å². The van der Waals surface area contributed by atoms with Gasteiger partial charge in [-0.15, -0.1) is 0 Å². The van der Waals surface area contributed by atoms with Gasteiger partial charge in [-0.3, -0.25) is 0 Å². The summed E-state index contributed by atoms with van der Waals surface area (Å²) in [5.41, 5.74) is 1.12. The van der Waals surface area contributed by atoms with E-state index in [0.29, 0.717) is 0 Å². The number of hydrogen-bond acceptors (Lipinski definition) is 1. The van der Waals surface area contributed by atoms with Crippen molar-refractivity contribution in [3.63, 3.8) is 0 Å². The Bertz CT molecular complexity index is 292. The van der Waals surface area contributed by atoms with Crippen LogP contribution in [0.1, 0.15) is 26.7 Å². The van der Waals surface area contributed by atoms with Crippen LogP contribution in [0.4, 0.5) is 0 Å². The Morgan fingerprint density at radius 2 is 2.07 bits per heavy atom. The van der Waals surface area contributed by atoms with E-state index >= 15 is 0 Å². The van der Waals surface area contributed by atoms with Gasteiger partial charge in [0.15, 0.2) is 0 Å². The maximum Gasteiger partial charge on any atom is 0.123 e. The highest BCUT2D eigenvalue weighted by Gasteiger charge is 2.25. The van der Waals surface area contributed by atoms with Crippen LogP contribution in [0.2, 0.25) is 0 Å². The van der Waals surface area contributed by atoms with Crippen molar-refractivity contribution in [3.05, 3.63) is 48.8 Å². The van der Waals surface area contributed by atoms with E-state index in [0.717, 1.165) is 18.6 Å². The molecular weight excluding hydrogens is 172 g/mol. The fourth-order valence-corrected chi connectivity index (χ4v) is 1.47. The van der Waals surface area contributed by atoms with E-state index in [1.807, 2.05) is 18.2 Å². The van der Waals surface area contributed by atoms with Crippen molar-refractivity contribution in [2.75, 3.05) is 0 Å². The second-order valence-electron chi connectivity index (χ2n) is 4.05. The molecular formula is C13H18O. The summed E-state index contributed by atoms with van der Waals surface area (Å²) in [7, 11) is 0. The minimum atomic E-state index is -0.0621. The van der Waals surface area contributed by atoms with Crippen molar-refractivity contribution >= 4 is 0 Å². The number of rotatable bonds is 3. The van der Waals surface area contributed by atoms with Crippen LogP contribution in [-0.4, -0.2) is 5.60 Å². The molecule has 0 bridgehead atoms. The Kier molecular flexibility index (Phi) is 3.34. The van der Waals surface area contributed by atoms with Crippen molar-refractivity contribution in [2.24, 2.45) is 0 Å². The zero-order chi connectivity index (χ0) is 10.6. The third-order valence-electron chi connectivity index (χ3n) is 2.33. The zero-order valence-corrected chi connectivity index (χ0v) is 9.05. The minimum absolute atomic E-state index is 0.0621. The summed E-state index contributed by atoms with van der Waals surface area (Å²) < 4.78 is 5.85. The summed E-state index contributed by atoms with van der Waals surface area (Å²) in [5, 5.41) is 0. The van der Waals surface area contributed by atoms with Crippen LogP contribution in [0.25, 0.3) is 0 Å². The van der Waals surface area contributed by atoms with Gasteiger partial charge in [-0.2, -0.15) is 0 Å². The Morgan fingerprint density at radius 3 is 2.64 bits per heavy atom. The molecule has 1 heteroatoms. The Balaban J connectivity index is 2.92. The maximum atomic E-state index is 5.85. The van der Waals surface area contributed by atoms with Crippen molar-refractivity contribution in [1.29, 1.82) is 0 Å². The molecule has 1 aliphatic heterocycles. The molecule has 0 aromatic rings. The summed E-state index contributed by atoms with van der Waals surface area (Å²) in [4.78, 5) is 0. The second kappa shape index (κ2) is 4.32. The lowest BCUT2D eigenvalue weighted by atomic mass is 9.94. The molecule has 14 heavy (non-hydrogen) atoms. The van der Waals surface area contributed by atoms with E-state index in [4.69, 9.17) is 4.74 Å². The first-order chi connectivity index (χ1) is 6.59. The smallest absolute Gasteiger partial charge is 0.123 e. The number of ether oxygens (including phenoxy) is 1. The molecule has 0 aliphatic carbocycles. The lowest BCUT2D eigenvalue weighted by Crippen LogP contribution is -2.27. The lowest BCUT2D eigenvalue weighted by Gasteiger charge is -2.32. The van der Waals surface area contributed by atoms with Crippen LogP contribution in [0.3, 0.4) is 0 Å². The summed E-state index contributed by atoms with van der Waals surface area (Å²) in [5.74, 6) is 0.927. The molecule has 0 spiro atoms. The van der Waals surface area contributed by atoms with Crippen LogP contribution in [-0.2, 0) is 4.74 Å². The van der Waals surface area contributed by atoms with Gasteiger partial charge < -0.3 is 4.74 Å². The van der Waals surface area contributed by atoms with Crippen LogP contribution in [0.5, 0.6) is 0 Å². The minimum Gasteiger partial charge on any atom is -0.488 e. The Morgan fingerprint density at radius 1 is 1.36 bits per heavy atom. The highest BCUT2D eigenvalue weighted by molar-refractivity contribution is 5.31. The van der Waals surface area contributed by atoms with E-state index in [1.54, 1.807) is 6.08 Å². The van der Waals surface area contributed by atoms with Crippen molar-refractivity contribution < 1.29 is 4.74 Å². The molecule has 1 heterocycles. The van der Waals surface area contributed by atoms with Gasteiger partial charge in [0.25, 0.3) is 0 Å². The number of hydrogen-bond donors (Lipinski definition) is 0. The summed E-state index contributed by atoms with van der Waals surface area (Å²) >= 11 is 0. The molecule has 0 saturated heterocycles. The summed E-state index contributed by atoms with van der Waals surface area (Å²) in [6.45, 7) is 11.6. The summed E-state index contributed by atoms with van der Waals surface area (Å²) in [6, 6.07) is 0. The van der Waals surface area contributed by atoms with Gasteiger partial charge >= 0.3 is 0 Å². The molecule has 1 nitrogen and oxygen atoms in total. The predicted octanol–water partition coefficient (Wildman–Crippen LogP) is 3.76. The third kappa shape index (κ3) is 2.63. The molecule has 76 valence electrons. The Hall–Kier alpha value is -1.24. The van der Waals surface area contributed by atoms with Gasteiger partial charge in [0.05, 0.1) is 0 Å². The molecule has 0 fully saturated rings. The van der Waals surface area contributed by atoms with Crippen molar-refractivity contribution in [1.82, 2.24) is 0 Å². The molecule has 0 aromatic carbocycles. The molecule has 0 N–H and O–H groups in total. The average molecular weight is 190 g/mol. The fourth-order valence-electron chi connectivity index (χ4n) is 1.47. The van der Waals surface area contributed by atoms with Gasteiger partial charge in [0, 0.05) is 0 Å². The largest absolute Gasteiger partial charge is 0.488 e. The molecule has 0 unspecified atom stereocenters. The van der Waals surface area contributed by atoms with Gasteiger partial charge in [-0.05, 0) is 38.3 Å². The molecule has 0 saturated carbocycles. The maximum absolute atomic E-state index is 5.85. The lowest BCUT2D eigenvalue weighted by molar-refractivity contribution is 0.0211. The first-order valence-electron chi connectivity index (χ1n) is 4.93. The summed E-state index contributed by atoms with van der Waals surface area (Å²) in [6.07, 6.45) is 9.54. The molecule has 0 amide bonds. The monoisotopic (exact) mass is 190 g/mol. The fraction of sp³-hybridized carbons (Fsp3) is 0.385. The number of allylic oxidation sites excluding steroid dienone is 5.